The van der Waals surface area contributed by atoms with Gasteiger partial charge in [0, 0.05) is 53.9 Å². The number of nitrogens with zero attached hydrogens (tertiary/aromatic N) is 3. The Hall–Kier alpha value is -2.80. The Labute approximate surface area is 218 Å². The van der Waals surface area contributed by atoms with Crippen molar-refractivity contribution in [3.63, 3.8) is 0 Å². The lowest BCUT2D eigenvalue weighted by Crippen LogP contribution is -2.49. The summed E-state index contributed by atoms with van der Waals surface area (Å²) in [4.78, 5) is 20.5. The highest BCUT2D eigenvalue weighted by molar-refractivity contribution is 7.92. The van der Waals surface area contributed by atoms with Gasteiger partial charge in [-0.15, -0.1) is 22.7 Å². The fourth-order valence-corrected chi connectivity index (χ4v) is 7.55. The third-order valence-electron chi connectivity index (χ3n) is 5.62. The topological polar surface area (TPSA) is 79.8 Å². The Bertz CT molecular complexity index is 1550. The van der Waals surface area contributed by atoms with Gasteiger partial charge in [-0.25, -0.2) is 27.0 Å². The predicted molar refractivity (Wildman–Crippen MR) is 136 cm³/mol. The molecule has 1 aromatic carbocycles. The van der Waals surface area contributed by atoms with Crippen LogP contribution in [0.25, 0.3) is 10.1 Å². The molecule has 0 spiro atoms. The smallest absolute Gasteiger partial charge is 0.399 e. The number of pyridine rings is 1. The molecule has 36 heavy (non-hydrogen) atoms. The Kier molecular flexibility index (Phi) is 6.86. The lowest BCUT2D eigenvalue weighted by Gasteiger charge is -2.34. The summed E-state index contributed by atoms with van der Waals surface area (Å²) in [7, 11) is -3.80. The van der Waals surface area contributed by atoms with Crippen molar-refractivity contribution in [3.05, 3.63) is 70.2 Å². The van der Waals surface area contributed by atoms with E-state index in [2.05, 4.69) is 4.98 Å². The SMILES string of the molecule is O=C(Oc1cc(Cl)cs1)N1CCN(c2nccc3sc(S(=O)(=O)Cc4ccc(F)c(F)c4)cc23)CC1. The van der Waals surface area contributed by atoms with Crippen molar-refractivity contribution in [1.29, 1.82) is 0 Å². The lowest BCUT2D eigenvalue weighted by molar-refractivity contribution is 0.150. The molecule has 188 valence electrons. The molecule has 1 aliphatic rings. The molecule has 13 heteroatoms. The maximum Gasteiger partial charge on any atom is 0.416 e. The molecule has 1 fully saturated rings. The van der Waals surface area contributed by atoms with Crippen molar-refractivity contribution < 1.29 is 26.7 Å². The Morgan fingerprint density at radius 2 is 1.86 bits per heavy atom. The Balaban J connectivity index is 1.31. The van der Waals surface area contributed by atoms with E-state index in [9.17, 15) is 22.0 Å². The zero-order chi connectivity index (χ0) is 25.4. The predicted octanol–water partition coefficient (Wildman–Crippen LogP) is 5.58. The molecule has 1 saturated heterocycles. The van der Waals surface area contributed by atoms with Gasteiger partial charge in [0.05, 0.1) is 10.8 Å². The van der Waals surface area contributed by atoms with E-state index in [1.807, 2.05) is 4.90 Å². The normalized spacial score (nSPS) is 14.4. The van der Waals surface area contributed by atoms with Crippen LogP contribution in [-0.2, 0) is 15.6 Å². The molecule has 0 aliphatic carbocycles. The molecule has 0 bridgehead atoms. The Morgan fingerprint density at radius 1 is 1.08 bits per heavy atom. The van der Waals surface area contributed by atoms with E-state index in [-0.39, 0.29) is 9.77 Å². The third-order valence-corrected chi connectivity index (χ3v) is 10.1. The van der Waals surface area contributed by atoms with E-state index >= 15 is 0 Å². The van der Waals surface area contributed by atoms with Crippen LogP contribution in [0.4, 0.5) is 19.4 Å². The quantitative estimate of drug-likeness (QED) is 0.312. The fraction of sp³-hybridized carbons (Fsp3) is 0.217. The number of benzene rings is 1. The minimum Gasteiger partial charge on any atom is -0.399 e. The number of piperazine rings is 1. The van der Waals surface area contributed by atoms with Gasteiger partial charge in [0.2, 0.25) is 0 Å². The Morgan fingerprint density at radius 3 is 2.56 bits per heavy atom. The monoisotopic (exact) mass is 569 g/mol. The first-order valence-electron chi connectivity index (χ1n) is 10.7. The summed E-state index contributed by atoms with van der Waals surface area (Å²) in [6, 6.07) is 7.95. The van der Waals surface area contributed by atoms with Gasteiger partial charge in [0.25, 0.3) is 0 Å². The number of ether oxygens (including phenoxy) is 1. The van der Waals surface area contributed by atoms with Crippen LogP contribution in [0.5, 0.6) is 5.06 Å². The molecule has 0 atom stereocenters. The van der Waals surface area contributed by atoms with E-state index in [4.69, 9.17) is 16.3 Å². The lowest BCUT2D eigenvalue weighted by atomic mass is 10.2. The maximum absolute atomic E-state index is 13.6. The molecule has 7 nitrogen and oxygen atoms in total. The second-order valence-corrected chi connectivity index (χ2v) is 12.7. The standard InChI is InChI=1S/C23H18ClF2N3O4S3/c24-15-10-20(34-12-15)33-23(30)29-7-5-28(6-8-29)22-16-11-21(35-19(16)3-4-27-22)36(31,32)13-14-1-2-17(25)18(26)9-14/h1-4,9-12H,5-8,13H2. The number of aromatic nitrogens is 1. The molecule has 4 aromatic rings. The molecule has 1 aliphatic heterocycles. The van der Waals surface area contributed by atoms with Gasteiger partial charge in [-0.1, -0.05) is 17.7 Å². The molecule has 1 amide bonds. The van der Waals surface area contributed by atoms with Crippen LogP contribution in [-0.4, -0.2) is 50.6 Å². The van der Waals surface area contributed by atoms with Crippen molar-refractivity contribution in [2.24, 2.45) is 0 Å². The highest BCUT2D eigenvalue weighted by atomic mass is 35.5. The van der Waals surface area contributed by atoms with Crippen LogP contribution in [0.1, 0.15) is 5.56 Å². The number of hydrogen-bond acceptors (Lipinski definition) is 8. The summed E-state index contributed by atoms with van der Waals surface area (Å²) in [5, 5.41) is 3.29. The van der Waals surface area contributed by atoms with Crippen molar-refractivity contribution >= 4 is 66.1 Å². The van der Waals surface area contributed by atoms with Gasteiger partial charge in [0.1, 0.15) is 10.0 Å². The molecule has 0 unspecified atom stereocenters. The number of amides is 1. The van der Waals surface area contributed by atoms with Crippen LogP contribution in [0.3, 0.4) is 0 Å². The van der Waals surface area contributed by atoms with Crippen LogP contribution in [0.15, 0.2) is 52.2 Å². The summed E-state index contributed by atoms with van der Waals surface area (Å²) in [6.07, 6.45) is 1.15. The largest absolute Gasteiger partial charge is 0.416 e. The number of sulfone groups is 1. The molecule has 3 aromatic heterocycles. The number of rotatable bonds is 5. The second-order valence-electron chi connectivity index (χ2n) is 8.05. The first-order chi connectivity index (χ1) is 17.2. The van der Waals surface area contributed by atoms with Crippen LogP contribution >= 0.6 is 34.3 Å². The van der Waals surface area contributed by atoms with Crippen molar-refractivity contribution in [2.75, 3.05) is 31.1 Å². The van der Waals surface area contributed by atoms with Gasteiger partial charge >= 0.3 is 6.09 Å². The molecule has 5 rings (SSSR count). The number of hydrogen-bond donors (Lipinski definition) is 0. The summed E-state index contributed by atoms with van der Waals surface area (Å²) in [5.74, 6) is -1.95. The molecular formula is C23H18ClF2N3O4S3. The first-order valence-corrected chi connectivity index (χ1v) is 14.4. The minimum atomic E-state index is -3.80. The van der Waals surface area contributed by atoms with Crippen LogP contribution < -0.4 is 9.64 Å². The van der Waals surface area contributed by atoms with Crippen molar-refractivity contribution in [3.8, 4) is 5.06 Å². The number of thiophene rings is 2. The molecule has 0 N–H and O–H groups in total. The average Bonchev–Trinajstić information content (AvgIpc) is 3.48. The van der Waals surface area contributed by atoms with Crippen LogP contribution in [0, 0.1) is 11.6 Å². The minimum absolute atomic E-state index is 0.119. The van der Waals surface area contributed by atoms with Gasteiger partial charge in [-0.3, -0.25) is 0 Å². The molecular weight excluding hydrogens is 552 g/mol. The van der Waals surface area contributed by atoms with Gasteiger partial charge < -0.3 is 14.5 Å². The van der Waals surface area contributed by atoms with E-state index in [1.54, 1.807) is 34.7 Å². The van der Waals surface area contributed by atoms with E-state index in [0.29, 0.717) is 47.5 Å². The second kappa shape index (κ2) is 9.92. The number of halogens is 3. The average molecular weight is 570 g/mol. The van der Waals surface area contributed by atoms with E-state index < -0.39 is 33.3 Å². The zero-order valence-electron chi connectivity index (χ0n) is 18.5. The number of fused-ring (bicyclic) bond motifs is 1. The van der Waals surface area contributed by atoms with Crippen LogP contribution in [0.2, 0.25) is 5.02 Å². The molecule has 0 radical (unpaired) electrons. The zero-order valence-corrected chi connectivity index (χ0v) is 21.7. The van der Waals surface area contributed by atoms with Gasteiger partial charge in [-0.05, 0) is 29.8 Å². The molecule has 0 saturated carbocycles. The highest BCUT2D eigenvalue weighted by Gasteiger charge is 2.26. The van der Waals surface area contributed by atoms with Crippen molar-refractivity contribution in [1.82, 2.24) is 9.88 Å². The van der Waals surface area contributed by atoms with Gasteiger partial charge in [-0.2, -0.15) is 0 Å². The summed E-state index contributed by atoms with van der Waals surface area (Å²) >= 11 is 8.22. The van der Waals surface area contributed by atoms with E-state index in [1.165, 1.54) is 17.4 Å². The molecule has 4 heterocycles. The fourth-order valence-electron chi connectivity index (χ4n) is 3.85. The third kappa shape index (κ3) is 5.17. The summed E-state index contributed by atoms with van der Waals surface area (Å²) < 4.78 is 59.0. The number of anilines is 1. The number of carbonyl (C=O) groups is 1. The van der Waals surface area contributed by atoms with Gasteiger partial charge in [0.15, 0.2) is 26.5 Å². The maximum atomic E-state index is 13.6. The van der Waals surface area contributed by atoms with E-state index in [0.717, 1.165) is 28.2 Å². The summed E-state index contributed by atoms with van der Waals surface area (Å²) in [6.45, 7) is 1.78. The first kappa shape index (κ1) is 24.9. The highest BCUT2D eigenvalue weighted by Crippen LogP contribution is 2.36. The van der Waals surface area contributed by atoms with Crippen molar-refractivity contribution in [2.45, 2.75) is 9.96 Å². The number of carbonyl (C=O) groups excluding carboxylic acids is 1. The summed E-state index contributed by atoms with van der Waals surface area (Å²) in [5.41, 5.74) is 0.164.